The molecule has 0 radical (unpaired) electrons. The average molecular weight is 231 g/mol. The van der Waals surface area contributed by atoms with Gasteiger partial charge in [-0.25, -0.2) is 0 Å². The Hall–Kier alpha value is -1.31. The largest absolute Gasteiger partial charge is 0.329 e. The van der Waals surface area contributed by atoms with Gasteiger partial charge in [0.2, 0.25) is 0 Å². The second-order valence-electron chi connectivity index (χ2n) is 5.40. The Kier molecular flexibility index (Phi) is 3.23. The van der Waals surface area contributed by atoms with Crippen molar-refractivity contribution in [1.29, 1.82) is 0 Å². The molecular weight excluding hydrogens is 210 g/mol. The highest BCUT2D eigenvalue weighted by molar-refractivity contribution is 5.52. The lowest BCUT2D eigenvalue weighted by molar-refractivity contribution is 0.0526. The molecule has 0 aromatic carbocycles. The number of aromatic nitrogens is 1. The van der Waals surface area contributed by atoms with Gasteiger partial charge in [-0.3, -0.25) is 4.79 Å². The lowest BCUT2D eigenvalue weighted by atomic mass is 9.59. The van der Waals surface area contributed by atoms with E-state index in [4.69, 9.17) is 0 Å². The summed E-state index contributed by atoms with van der Waals surface area (Å²) in [6.45, 7) is 8.81. The van der Waals surface area contributed by atoms with Gasteiger partial charge in [0.1, 0.15) is 0 Å². The topological polar surface area (TPSA) is 32.9 Å². The third-order valence-corrected chi connectivity index (χ3v) is 4.62. The monoisotopic (exact) mass is 231 g/mol. The zero-order valence-electron chi connectivity index (χ0n) is 11.0. The maximum Gasteiger partial charge on any atom is 0.251 e. The highest BCUT2D eigenvalue weighted by Crippen LogP contribution is 2.46. The van der Waals surface area contributed by atoms with Gasteiger partial charge >= 0.3 is 0 Å². The lowest BCUT2D eigenvalue weighted by Crippen LogP contribution is -2.40. The first kappa shape index (κ1) is 12.2. The molecule has 0 bridgehead atoms. The van der Waals surface area contributed by atoms with E-state index in [9.17, 15) is 4.79 Å². The molecule has 92 valence electrons. The van der Waals surface area contributed by atoms with Gasteiger partial charge in [0.05, 0.1) is 0 Å². The van der Waals surface area contributed by atoms with Crippen molar-refractivity contribution in [1.82, 2.24) is 4.98 Å². The number of nitrogens with one attached hydrogen (secondary N) is 1. The summed E-state index contributed by atoms with van der Waals surface area (Å²) in [4.78, 5) is 14.2. The van der Waals surface area contributed by atoms with Crippen molar-refractivity contribution in [3.8, 4) is 0 Å². The molecule has 1 aliphatic carbocycles. The molecule has 2 unspecified atom stereocenters. The Morgan fingerprint density at radius 2 is 1.82 bits per heavy atom. The number of hydrogen-bond donors (Lipinski definition) is 1. The fourth-order valence-corrected chi connectivity index (χ4v) is 2.83. The number of hydrogen-bond acceptors (Lipinski definition) is 1. The summed E-state index contributed by atoms with van der Waals surface area (Å²) in [5.74, 6) is 2.97. The van der Waals surface area contributed by atoms with Crippen LogP contribution in [0.1, 0.15) is 31.9 Å². The molecule has 2 heteroatoms. The third-order valence-electron chi connectivity index (χ3n) is 4.62. The summed E-state index contributed by atoms with van der Waals surface area (Å²) in [7, 11) is 0. The number of rotatable bonds is 2. The quantitative estimate of drug-likeness (QED) is 0.832. The van der Waals surface area contributed by atoms with E-state index in [1.807, 2.05) is 13.0 Å². The van der Waals surface area contributed by atoms with Crippen molar-refractivity contribution in [3.05, 3.63) is 39.8 Å². The van der Waals surface area contributed by atoms with Crippen LogP contribution >= 0.6 is 0 Å². The second-order valence-corrected chi connectivity index (χ2v) is 5.40. The second kappa shape index (κ2) is 4.52. The van der Waals surface area contributed by atoms with Gasteiger partial charge in [-0.2, -0.15) is 0 Å². The molecule has 0 saturated heterocycles. The predicted octanol–water partition coefficient (Wildman–Crippen LogP) is 3.23. The molecule has 1 heterocycles. The molecule has 2 rings (SSSR count). The van der Waals surface area contributed by atoms with Gasteiger partial charge < -0.3 is 4.98 Å². The molecule has 2 atom stereocenters. The van der Waals surface area contributed by atoms with E-state index in [1.165, 1.54) is 0 Å². The minimum atomic E-state index is 0.00947. The first-order chi connectivity index (χ1) is 8.02. The highest BCUT2D eigenvalue weighted by atomic mass is 16.1. The van der Waals surface area contributed by atoms with Crippen LogP contribution in [-0.4, -0.2) is 4.98 Å². The molecule has 1 aromatic rings. The van der Waals surface area contributed by atoms with E-state index in [1.54, 1.807) is 6.20 Å². The van der Waals surface area contributed by atoms with E-state index < -0.39 is 0 Å². The van der Waals surface area contributed by atoms with Gasteiger partial charge in [-0.15, -0.1) is 0 Å². The molecule has 1 N–H and O–H groups in total. The van der Waals surface area contributed by atoms with Crippen LogP contribution in [0, 0.1) is 30.6 Å². The van der Waals surface area contributed by atoms with Crippen molar-refractivity contribution in [2.45, 2.75) is 27.7 Å². The van der Waals surface area contributed by atoms with Crippen LogP contribution in [0.5, 0.6) is 0 Å². The molecule has 0 amide bonds. The summed E-state index contributed by atoms with van der Waals surface area (Å²) < 4.78 is 0. The number of aromatic amines is 1. The SMILES string of the molecule is Cc1c(/C=C\C2C(C)C(C)C2C)cc[nH]c1=O. The van der Waals surface area contributed by atoms with Gasteiger partial charge in [0.25, 0.3) is 5.56 Å². The molecule has 1 fully saturated rings. The summed E-state index contributed by atoms with van der Waals surface area (Å²) in [5.41, 5.74) is 1.85. The van der Waals surface area contributed by atoms with Gasteiger partial charge in [0.15, 0.2) is 0 Å². The summed E-state index contributed by atoms with van der Waals surface area (Å²) in [6, 6.07) is 1.96. The van der Waals surface area contributed by atoms with Crippen molar-refractivity contribution < 1.29 is 0 Å². The molecule has 1 aliphatic rings. The van der Waals surface area contributed by atoms with Crippen LogP contribution in [-0.2, 0) is 0 Å². The standard InChI is InChI=1S/C15H21NO/c1-9-10(2)14(11(9)3)6-5-13-7-8-16-15(17)12(13)4/h5-11,14H,1-4H3,(H,16,17)/b6-5-. The van der Waals surface area contributed by atoms with E-state index in [2.05, 4.69) is 37.9 Å². The van der Waals surface area contributed by atoms with E-state index in [0.29, 0.717) is 5.92 Å². The maximum atomic E-state index is 11.5. The van der Waals surface area contributed by atoms with Crippen LogP contribution in [0.25, 0.3) is 6.08 Å². The van der Waals surface area contributed by atoms with Crippen molar-refractivity contribution >= 4 is 6.08 Å². The summed E-state index contributed by atoms with van der Waals surface area (Å²) in [5, 5.41) is 0. The highest BCUT2D eigenvalue weighted by Gasteiger charge is 2.39. The molecule has 17 heavy (non-hydrogen) atoms. The van der Waals surface area contributed by atoms with Gasteiger partial charge in [0, 0.05) is 11.8 Å². The molecule has 0 spiro atoms. The first-order valence-corrected chi connectivity index (χ1v) is 6.39. The van der Waals surface area contributed by atoms with Gasteiger partial charge in [-0.1, -0.05) is 32.9 Å². The zero-order chi connectivity index (χ0) is 12.6. The van der Waals surface area contributed by atoms with Crippen LogP contribution < -0.4 is 5.56 Å². The first-order valence-electron chi connectivity index (χ1n) is 6.39. The van der Waals surface area contributed by atoms with Crippen molar-refractivity contribution in [2.24, 2.45) is 23.7 Å². The fourth-order valence-electron chi connectivity index (χ4n) is 2.83. The molecular formula is C15H21NO. The molecule has 2 nitrogen and oxygen atoms in total. The summed E-state index contributed by atoms with van der Waals surface area (Å²) >= 11 is 0. The normalized spacial score (nSPS) is 32.7. The van der Waals surface area contributed by atoms with Crippen LogP contribution in [0.3, 0.4) is 0 Å². The zero-order valence-corrected chi connectivity index (χ0v) is 11.0. The number of pyridine rings is 1. The molecule has 1 aromatic heterocycles. The number of allylic oxidation sites excluding steroid dienone is 1. The van der Waals surface area contributed by atoms with Crippen molar-refractivity contribution in [3.63, 3.8) is 0 Å². The van der Waals surface area contributed by atoms with Crippen LogP contribution in [0.2, 0.25) is 0 Å². The molecule has 1 saturated carbocycles. The Balaban J connectivity index is 2.16. The smallest absolute Gasteiger partial charge is 0.251 e. The molecule has 0 aliphatic heterocycles. The fraction of sp³-hybridized carbons (Fsp3) is 0.533. The Morgan fingerprint density at radius 3 is 2.47 bits per heavy atom. The van der Waals surface area contributed by atoms with E-state index in [0.717, 1.165) is 28.9 Å². The van der Waals surface area contributed by atoms with E-state index >= 15 is 0 Å². The number of H-pyrrole nitrogens is 1. The summed E-state index contributed by atoms with van der Waals surface area (Å²) in [6.07, 6.45) is 6.09. The minimum absolute atomic E-state index is 0.00947. The minimum Gasteiger partial charge on any atom is -0.329 e. The van der Waals surface area contributed by atoms with Gasteiger partial charge in [-0.05, 0) is 42.2 Å². The Labute approximate surface area is 103 Å². The van der Waals surface area contributed by atoms with E-state index in [-0.39, 0.29) is 5.56 Å². The van der Waals surface area contributed by atoms with Crippen molar-refractivity contribution in [2.75, 3.05) is 0 Å². The average Bonchev–Trinajstić information content (AvgIpc) is 2.33. The Morgan fingerprint density at radius 1 is 1.18 bits per heavy atom. The maximum absolute atomic E-state index is 11.5. The van der Waals surface area contributed by atoms with Crippen LogP contribution in [0.4, 0.5) is 0 Å². The predicted molar refractivity (Wildman–Crippen MR) is 71.8 cm³/mol. The Bertz CT molecular complexity index is 476. The third kappa shape index (κ3) is 2.08. The van der Waals surface area contributed by atoms with Crippen LogP contribution in [0.15, 0.2) is 23.1 Å². The lowest BCUT2D eigenvalue weighted by Gasteiger charge is -2.46.